The summed E-state index contributed by atoms with van der Waals surface area (Å²) in [6, 6.07) is 13.8. The zero-order chi connectivity index (χ0) is 20.1. The molecule has 9 heteroatoms. The molecule has 0 saturated heterocycles. The van der Waals surface area contributed by atoms with Crippen LogP contribution in [0.2, 0.25) is 0 Å². The Kier molecular flexibility index (Phi) is 5.66. The Morgan fingerprint density at radius 1 is 1.00 bits per heavy atom. The lowest BCUT2D eigenvalue weighted by molar-refractivity contribution is -0.105. The van der Waals surface area contributed by atoms with Gasteiger partial charge in [-0.25, -0.2) is 4.79 Å². The maximum Gasteiger partial charge on any atom is 0.323 e. The van der Waals surface area contributed by atoms with Gasteiger partial charge in [0.15, 0.2) is 0 Å². The van der Waals surface area contributed by atoms with Crippen LogP contribution < -0.4 is 21.7 Å². The van der Waals surface area contributed by atoms with Crippen LogP contribution in [-0.4, -0.2) is 22.7 Å². The maximum absolute atomic E-state index is 12.1. The number of hydrogen-bond acceptors (Lipinski definition) is 5. The van der Waals surface area contributed by atoms with E-state index in [-0.39, 0.29) is 16.6 Å². The van der Waals surface area contributed by atoms with Crippen molar-refractivity contribution < 1.29 is 14.4 Å². The average molecular weight is 395 g/mol. The molecule has 0 unspecified atom stereocenters. The Morgan fingerprint density at radius 3 is 2.11 bits per heavy atom. The number of rotatable bonds is 6. The minimum atomic E-state index is -0.687. The van der Waals surface area contributed by atoms with E-state index < -0.39 is 5.91 Å². The Hall–Kier alpha value is -3.72. The van der Waals surface area contributed by atoms with Crippen molar-refractivity contribution in [2.24, 2.45) is 5.73 Å². The molecule has 0 spiro atoms. The molecule has 3 aromatic rings. The minimum Gasteiger partial charge on any atom is -0.365 e. The third-order valence-electron chi connectivity index (χ3n) is 3.85. The highest BCUT2D eigenvalue weighted by Crippen LogP contribution is 2.32. The Morgan fingerprint density at radius 2 is 1.57 bits per heavy atom. The molecular weight excluding hydrogens is 378 g/mol. The van der Waals surface area contributed by atoms with Gasteiger partial charge in [0, 0.05) is 16.9 Å². The first-order valence-corrected chi connectivity index (χ1v) is 9.00. The van der Waals surface area contributed by atoms with Crippen molar-refractivity contribution in [2.45, 2.75) is 6.92 Å². The number of aryl methyl sites for hydroxylation is 1. The summed E-state index contributed by atoms with van der Waals surface area (Å²) in [5.74, 6) is -0.687. The fourth-order valence-corrected chi connectivity index (χ4v) is 3.28. The van der Waals surface area contributed by atoms with E-state index in [4.69, 9.17) is 5.73 Å². The molecule has 8 nitrogen and oxygen atoms in total. The molecule has 28 heavy (non-hydrogen) atoms. The Bertz CT molecular complexity index is 1010. The van der Waals surface area contributed by atoms with E-state index in [1.807, 2.05) is 31.2 Å². The highest BCUT2D eigenvalue weighted by atomic mass is 32.1. The Balaban J connectivity index is 1.73. The molecule has 0 atom stereocenters. The molecule has 5 N–H and O–H groups in total. The number of carbonyl (C=O) groups is 3. The molecule has 1 heterocycles. The van der Waals surface area contributed by atoms with Crippen molar-refractivity contribution in [1.29, 1.82) is 0 Å². The van der Waals surface area contributed by atoms with Crippen LogP contribution in [0.4, 0.5) is 21.2 Å². The van der Waals surface area contributed by atoms with E-state index in [1.165, 1.54) is 0 Å². The van der Waals surface area contributed by atoms with Crippen LogP contribution in [0.25, 0.3) is 11.3 Å². The molecule has 0 saturated carbocycles. The molecule has 2 aromatic carbocycles. The lowest BCUT2D eigenvalue weighted by Crippen LogP contribution is -2.19. The molecule has 142 valence electrons. The fourth-order valence-electron chi connectivity index (χ4n) is 2.51. The predicted octanol–water partition coefficient (Wildman–Crippen LogP) is 3.43. The van der Waals surface area contributed by atoms with Crippen LogP contribution in [0.15, 0.2) is 48.5 Å². The third kappa shape index (κ3) is 4.33. The van der Waals surface area contributed by atoms with Crippen LogP contribution in [0, 0.1) is 6.92 Å². The number of benzene rings is 2. The highest BCUT2D eigenvalue weighted by Gasteiger charge is 2.19. The zero-order valence-corrected chi connectivity index (χ0v) is 15.7. The molecule has 4 amide bonds. The van der Waals surface area contributed by atoms with Crippen molar-refractivity contribution in [3.8, 4) is 11.3 Å². The van der Waals surface area contributed by atoms with Crippen molar-refractivity contribution in [2.75, 3.05) is 16.0 Å². The van der Waals surface area contributed by atoms with Crippen LogP contribution in [0.5, 0.6) is 0 Å². The normalized spacial score (nSPS) is 10.2. The Labute approximate surface area is 164 Å². The van der Waals surface area contributed by atoms with E-state index in [0.29, 0.717) is 29.0 Å². The molecule has 0 fully saturated rings. The van der Waals surface area contributed by atoms with Gasteiger partial charge in [0.1, 0.15) is 10.6 Å². The lowest BCUT2D eigenvalue weighted by Gasteiger charge is -2.09. The predicted molar refractivity (Wildman–Crippen MR) is 110 cm³/mol. The molecule has 0 radical (unpaired) electrons. The second kappa shape index (κ2) is 8.31. The number of amides is 4. The zero-order valence-electron chi connectivity index (χ0n) is 14.9. The second-order valence-corrected chi connectivity index (χ2v) is 6.66. The molecular formula is C19H17N5O3S. The number of aromatic nitrogens is 1. The van der Waals surface area contributed by atoms with Gasteiger partial charge in [0.2, 0.25) is 6.41 Å². The van der Waals surface area contributed by atoms with Gasteiger partial charge < -0.3 is 21.7 Å². The standard InChI is InChI=1S/C19H17N5O3S/c1-11-2-6-13(7-3-11)22-19(27)23-14-8-4-12(5-9-14)16-15(17(20)26)18(21-10-25)28-24-16/h2-10H,1H3,(H2,20,26)(H,21,25)(H2,22,23,27). The van der Waals surface area contributed by atoms with Gasteiger partial charge >= 0.3 is 6.03 Å². The molecule has 0 bridgehead atoms. The number of primary amides is 1. The van der Waals surface area contributed by atoms with Crippen molar-refractivity contribution in [1.82, 2.24) is 4.37 Å². The largest absolute Gasteiger partial charge is 0.365 e. The van der Waals surface area contributed by atoms with Crippen LogP contribution in [0.3, 0.4) is 0 Å². The first kappa shape index (κ1) is 19.1. The van der Waals surface area contributed by atoms with Gasteiger partial charge in [0.25, 0.3) is 5.91 Å². The maximum atomic E-state index is 12.1. The van der Waals surface area contributed by atoms with E-state index in [0.717, 1.165) is 17.1 Å². The first-order chi connectivity index (χ1) is 13.5. The summed E-state index contributed by atoms with van der Waals surface area (Å²) in [6.07, 6.45) is 0.462. The minimum absolute atomic E-state index is 0.148. The van der Waals surface area contributed by atoms with Gasteiger partial charge in [-0.3, -0.25) is 9.59 Å². The van der Waals surface area contributed by atoms with Crippen LogP contribution in [-0.2, 0) is 4.79 Å². The number of anilines is 3. The smallest absolute Gasteiger partial charge is 0.323 e. The van der Waals surface area contributed by atoms with E-state index in [2.05, 4.69) is 20.3 Å². The SMILES string of the molecule is Cc1ccc(NC(=O)Nc2ccc(-c3nsc(NC=O)c3C(N)=O)cc2)cc1. The van der Waals surface area contributed by atoms with Gasteiger partial charge in [-0.2, -0.15) is 4.37 Å². The number of nitrogens with one attached hydrogen (secondary N) is 3. The summed E-state index contributed by atoms with van der Waals surface area (Å²) in [5, 5.41) is 8.18. The van der Waals surface area contributed by atoms with Crippen molar-refractivity contribution in [3.63, 3.8) is 0 Å². The summed E-state index contributed by atoms with van der Waals surface area (Å²) in [5.41, 5.74) is 8.92. The second-order valence-electron chi connectivity index (χ2n) is 5.88. The molecule has 0 aliphatic carbocycles. The molecule has 0 aliphatic heterocycles. The number of urea groups is 1. The summed E-state index contributed by atoms with van der Waals surface area (Å²) < 4.78 is 4.20. The topological polar surface area (TPSA) is 126 Å². The van der Waals surface area contributed by atoms with E-state index >= 15 is 0 Å². The highest BCUT2D eigenvalue weighted by molar-refractivity contribution is 7.11. The van der Waals surface area contributed by atoms with E-state index in [1.54, 1.807) is 24.3 Å². The molecule has 3 rings (SSSR count). The number of nitrogens with two attached hydrogens (primary N) is 1. The van der Waals surface area contributed by atoms with Crippen LogP contribution in [0.1, 0.15) is 15.9 Å². The third-order valence-corrected chi connectivity index (χ3v) is 4.63. The lowest BCUT2D eigenvalue weighted by atomic mass is 10.1. The van der Waals surface area contributed by atoms with Crippen molar-refractivity contribution >= 4 is 46.3 Å². The van der Waals surface area contributed by atoms with Gasteiger partial charge in [-0.1, -0.05) is 29.8 Å². The summed E-state index contributed by atoms with van der Waals surface area (Å²) >= 11 is 0.968. The van der Waals surface area contributed by atoms with Gasteiger partial charge in [0.05, 0.1) is 5.69 Å². The number of carbonyl (C=O) groups excluding carboxylic acids is 3. The summed E-state index contributed by atoms with van der Waals surface area (Å²) in [6.45, 7) is 1.97. The van der Waals surface area contributed by atoms with E-state index in [9.17, 15) is 14.4 Å². The first-order valence-electron chi connectivity index (χ1n) is 8.22. The average Bonchev–Trinajstić information content (AvgIpc) is 3.08. The molecule has 1 aromatic heterocycles. The van der Waals surface area contributed by atoms with Gasteiger partial charge in [-0.05, 0) is 42.7 Å². The van der Waals surface area contributed by atoms with Crippen molar-refractivity contribution in [3.05, 3.63) is 59.7 Å². The number of hydrogen-bond donors (Lipinski definition) is 4. The summed E-state index contributed by atoms with van der Waals surface area (Å²) in [7, 11) is 0. The van der Waals surface area contributed by atoms with Gasteiger partial charge in [-0.15, -0.1) is 0 Å². The summed E-state index contributed by atoms with van der Waals surface area (Å²) in [4.78, 5) is 34.5. The quantitative estimate of drug-likeness (QED) is 0.477. The van der Waals surface area contributed by atoms with Crippen LogP contribution >= 0.6 is 11.5 Å². The fraction of sp³-hybridized carbons (Fsp3) is 0.0526. The number of nitrogens with zero attached hydrogens (tertiary/aromatic N) is 1. The monoisotopic (exact) mass is 395 g/mol. The molecule has 0 aliphatic rings.